The van der Waals surface area contributed by atoms with E-state index < -0.39 is 0 Å². The Labute approximate surface area is 156 Å². The first-order valence-corrected chi connectivity index (χ1v) is 11.0. The van der Waals surface area contributed by atoms with E-state index in [1.165, 1.54) is 77.0 Å². The second-order valence-corrected chi connectivity index (χ2v) is 7.47. The SMILES string of the molecule is CCCCCCCCC=CCCCCCCCC(=O)N1CCNCC1. The monoisotopic (exact) mass is 350 g/mol. The van der Waals surface area contributed by atoms with E-state index in [2.05, 4.69) is 24.4 Å². The number of nitrogens with zero attached hydrogens (tertiary/aromatic N) is 1. The fraction of sp³-hybridized carbons (Fsp3) is 0.864. The van der Waals surface area contributed by atoms with E-state index in [9.17, 15) is 4.79 Å². The van der Waals surface area contributed by atoms with Gasteiger partial charge in [0, 0.05) is 32.6 Å². The van der Waals surface area contributed by atoms with Crippen LogP contribution in [0.3, 0.4) is 0 Å². The van der Waals surface area contributed by atoms with E-state index in [1.54, 1.807) is 0 Å². The Hall–Kier alpha value is -0.830. The first kappa shape index (κ1) is 22.2. The van der Waals surface area contributed by atoms with Crippen LogP contribution in [0.25, 0.3) is 0 Å². The van der Waals surface area contributed by atoms with Crippen LogP contribution >= 0.6 is 0 Å². The molecule has 1 aliphatic rings. The Kier molecular flexibility index (Phi) is 14.8. The summed E-state index contributed by atoms with van der Waals surface area (Å²) in [7, 11) is 0. The zero-order valence-corrected chi connectivity index (χ0v) is 16.7. The molecule has 1 amide bonds. The van der Waals surface area contributed by atoms with Gasteiger partial charge in [-0.15, -0.1) is 0 Å². The fourth-order valence-electron chi connectivity index (χ4n) is 3.42. The Balaban J connectivity index is 1.79. The van der Waals surface area contributed by atoms with Gasteiger partial charge in [0.05, 0.1) is 0 Å². The van der Waals surface area contributed by atoms with Gasteiger partial charge in [0.1, 0.15) is 0 Å². The van der Waals surface area contributed by atoms with Crippen LogP contribution in [0.2, 0.25) is 0 Å². The molecule has 0 radical (unpaired) electrons. The Morgan fingerprint density at radius 3 is 1.92 bits per heavy atom. The van der Waals surface area contributed by atoms with Crippen LogP contribution in [0, 0.1) is 0 Å². The molecule has 1 aliphatic heterocycles. The number of nitrogens with one attached hydrogen (secondary N) is 1. The highest BCUT2D eigenvalue weighted by atomic mass is 16.2. The third-order valence-corrected chi connectivity index (χ3v) is 5.12. The standard InChI is InChI=1S/C22H42N2O/c1-2-3-4-5-6-7-8-9-10-11-12-13-14-15-16-17-22(25)24-20-18-23-19-21-24/h9-10,23H,2-8,11-21H2,1H3. The molecule has 0 aromatic carbocycles. The van der Waals surface area contributed by atoms with Crippen LogP contribution in [0.5, 0.6) is 0 Å². The van der Waals surface area contributed by atoms with E-state index in [0.717, 1.165) is 39.0 Å². The molecule has 0 unspecified atom stereocenters. The fourth-order valence-corrected chi connectivity index (χ4v) is 3.42. The average molecular weight is 351 g/mol. The molecule has 0 atom stereocenters. The molecule has 1 heterocycles. The zero-order valence-electron chi connectivity index (χ0n) is 16.7. The highest BCUT2D eigenvalue weighted by Crippen LogP contribution is 2.10. The molecule has 25 heavy (non-hydrogen) atoms. The van der Waals surface area contributed by atoms with Gasteiger partial charge in [-0.2, -0.15) is 0 Å². The van der Waals surface area contributed by atoms with Gasteiger partial charge >= 0.3 is 0 Å². The molecule has 0 bridgehead atoms. The van der Waals surface area contributed by atoms with Gasteiger partial charge in [-0.05, 0) is 32.1 Å². The number of unbranched alkanes of at least 4 members (excludes halogenated alkanes) is 11. The van der Waals surface area contributed by atoms with E-state index >= 15 is 0 Å². The van der Waals surface area contributed by atoms with Crippen LogP contribution in [-0.2, 0) is 4.79 Å². The van der Waals surface area contributed by atoms with Crippen molar-refractivity contribution in [3.8, 4) is 0 Å². The lowest BCUT2D eigenvalue weighted by atomic mass is 10.1. The summed E-state index contributed by atoms with van der Waals surface area (Å²) in [4.78, 5) is 14.0. The molecule has 3 nitrogen and oxygen atoms in total. The van der Waals surface area contributed by atoms with Crippen LogP contribution < -0.4 is 5.32 Å². The zero-order chi connectivity index (χ0) is 18.0. The minimum Gasteiger partial charge on any atom is -0.340 e. The van der Waals surface area contributed by atoms with Crippen molar-refractivity contribution in [1.82, 2.24) is 10.2 Å². The molecule has 0 spiro atoms. The van der Waals surface area contributed by atoms with Gasteiger partial charge in [0.25, 0.3) is 0 Å². The van der Waals surface area contributed by atoms with Gasteiger partial charge in [-0.25, -0.2) is 0 Å². The number of rotatable bonds is 15. The molecule has 0 aromatic rings. The Morgan fingerprint density at radius 1 is 0.800 bits per heavy atom. The third kappa shape index (κ3) is 13.1. The Bertz CT molecular complexity index is 335. The summed E-state index contributed by atoms with van der Waals surface area (Å²) in [6.45, 7) is 5.97. The number of piperazine rings is 1. The van der Waals surface area contributed by atoms with Crippen molar-refractivity contribution >= 4 is 5.91 Å². The number of hydrogen-bond donors (Lipinski definition) is 1. The first-order valence-electron chi connectivity index (χ1n) is 11.0. The minimum absolute atomic E-state index is 0.360. The first-order chi connectivity index (χ1) is 12.3. The topological polar surface area (TPSA) is 32.3 Å². The normalized spacial score (nSPS) is 15.2. The molecular formula is C22H42N2O. The van der Waals surface area contributed by atoms with E-state index in [-0.39, 0.29) is 0 Å². The van der Waals surface area contributed by atoms with E-state index in [4.69, 9.17) is 0 Å². The summed E-state index contributed by atoms with van der Waals surface area (Å²) in [5, 5.41) is 3.29. The van der Waals surface area contributed by atoms with Crippen LogP contribution in [0.1, 0.15) is 96.8 Å². The molecule has 1 N–H and O–H groups in total. The summed E-state index contributed by atoms with van der Waals surface area (Å²) in [5.74, 6) is 0.360. The van der Waals surface area contributed by atoms with Crippen LogP contribution in [0.4, 0.5) is 0 Å². The van der Waals surface area contributed by atoms with Crippen molar-refractivity contribution in [2.45, 2.75) is 96.8 Å². The van der Waals surface area contributed by atoms with Crippen molar-refractivity contribution in [2.75, 3.05) is 26.2 Å². The van der Waals surface area contributed by atoms with E-state index in [0.29, 0.717) is 5.91 Å². The quantitative estimate of drug-likeness (QED) is 0.314. The predicted octanol–water partition coefficient (Wildman–Crippen LogP) is 5.46. The van der Waals surface area contributed by atoms with Crippen molar-refractivity contribution < 1.29 is 4.79 Å². The highest BCUT2D eigenvalue weighted by molar-refractivity contribution is 5.76. The lowest BCUT2D eigenvalue weighted by Crippen LogP contribution is -2.46. The van der Waals surface area contributed by atoms with Gasteiger partial charge in [-0.1, -0.05) is 70.4 Å². The molecule has 1 saturated heterocycles. The van der Waals surface area contributed by atoms with Crippen molar-refractivity contribution in [3.63, 3.8) is 0 Å². The van der Waals surface area contributed by atoms with Gasteiger partial charge in [0.15, 0.2) is 0 Å². The lowest BCUT2D eigenvalue weighted by molar-refractivity contribution is -0.131. The molecule has 1 rings (SSSR count). The Morgan fingerprint density at radius 2 is 1.32 bits per heavy atom. The largest absolute Gasteiger partial charge is 0.340 e. The molecular weight excluding hydrogens is 308 g/mol. The maximum atomic E-state index is 12.0. The maximum Gasteiger partial charge on any atom is 0.222 e. The predicted molar refractivity (Wildman–Crippen MR) is 109 cm³/mol. The second kappa shape index (κ2) is 16.6. The second-order valence-electron chi connectivity index (χ2n) is 7.47. The van der Waals surface area contributed by atoms with Crippen molar-refractivity contribution in [3.05, 3.63) is 12.2 Å². The summed E-state index contributed by atoms with van der Waals surface area (Å²) < 4.78 is 0. The summed E-state index contributed by atoms with van der Waals surface area (Å²) in [6.07, 6.45) is 22.5. The summed E-state index contributed by atoms with van der Waals surface area (Å²) in [5.41, 5.74) is 0. The van der Waals surface area contributed by atoms with Crippen LogP contribution in [0.15, 0.2) is 12.2 Å². The molecule has 146 valence electrons. The third-order valence-electron chi connectivity index (χ3n) is 5.12. The molecule has 3 heteroatoms. The summed E-state index contributed by atoms with van der Waals surface area (Å²) >= 11 is 0. The number of hydrogen-bond acceptors (Lipinski definition) is 2. The van der Waals surface area contributed by atoms with E-state index in [1.807, 2.05) is 4.90 Å². The molecule has 0 saturated carbocycles. The number of carbonyl (C=O) groups is 1. The molecule has 0 aliphatic carbocycles. The van der Waals surface area contributed by atoms with Gasteiger partial charge in [-0.3, -0.25) is 4.79 Å². The van der Waals surface area contributed by atoms with Crippen molar-refractivity contribution in [1.29, 1.82) is 0 Å². The number of allylic oxidation sites excluding steroid dienone is 2. The smallest absolute Gasteiger partial charge is 0.222 e. The number of carbonyl (C=O) groups excluding carboxylic acids is 1. The minimum atomic E-state index is 0.360. The van der Waals surface area contributed by atoms with Gasteiger partial charge < -0.3 is 10.2 Å². The highest BCUT2D eigenvalue weighted by Gasteiger charge is 2.14. The molecule has 1 fully saturated rings. The van der Waals surface area contributed by atoms with Gasteiger partial charge in [0.2, 0.25) is 5.91 Å². The average Bonchev–Trinajstić information content (AvgIpc) is 2.65. The maximum absolute atomic E-state index is 12.0. The molecule has 0 aromatic heterocycles. The lowest BCUT2D eigenvalue weighted by Gasteiger charge is -2.27. The number of amides is 1. The van der Waals surface area contributed by atoms with Crippen LogP contribution in [-0.4, -0.2) is 37.0 Å². The van der Waals surface area contributed by atoms with Crippen molar-refractivity contribution in [2.24, 2.45) is 0 Å². The summed E-state index contributed by atoms with van der Waals surface area (Å²) in [6, 6.07) is 0.